The van der Waals surface area contributed by atoms with Gasteiger partial charge in [-0.1, -0.05) is 33.8 Å². The van der Waals surface area contributed by atoms with Crippen molar-refractivity contribution in [2.24, 2.45) is 5.92 Å². The van der Waals surface area contributed by atoms with Gasteiger partial charge in [0.1, 0.15) is 5.69 Å². The van der Waals surface area contributed by atoms with Gasteiger partial charge in [-0.05, 0) is 12.1 Å². The Labute approximate surface area is 121 Å². The first-order valence-electron chi connectivity index (χ1n) is 6.88. The van der Waals surface area contributed by atoms with Gasteiger partial charge in [0.15, 0.2) is 0 Å². The molecule has 0 saturated carbocycles. The monoisotopic (exact) mass is 279 g/mol. The lowest BCUT2D eigenvalue weighted by Crippen LogP contribution is -2.30. The molecule has 112 valence electrons. The topological polar surface area (TPSA) is 62.3 Å². The van der Waals surface area contributed by atoms with Gasteiger partial charge in [0.25, 0.3) is 5.91 Å². The van der Waals surface area contributed by atoms with E-state index in [1.54, 1.807) is 37.2 Å². The number of amides is 2. The fourth-order valence-electron chi connectivity index (χ4n) is 1.58. The van der Waals surface area contributed by atoms with E-state index < -0.39 is 0 Å². The van der Waals surface area contributed by atoms with Crippen molar-refractivity contribution in [2.75, 3.05) is 14.1 Å². The van der Waals surface area contributed by atoms with Gasteiger partial charge in [-0.25, -0.2) is 4.98 Å². The summed E-state index contributed by atoms with van der Waals surface area (Å²) in [6.07, 6.45) is 0. The maximum Gasteiger partial charge on any atom is 0.269 e. The van der Waals surface area contributed by atoms with Gasteiger partial charge in [-0.3, -0.25) is 9.59 Å². The van der Waals surface area contributed by atoms with Crippen molar-refractivity contribution in [3.8, 4) is 0 Å². The molecule has 1 aromatic heterocycles. The number of hydrogen-bond acceptors (Lipinski definition) is 3. The zero-order chi connectivity index (χ0) is 15.7. The summed E-state index contributed by atoms with van der Waals surface area (Å²) in [4.78, 5) is 29.0. The summed E-state index contributed by atoms with van der Waals surface area (Å²) in [6.45, 7) is 8.11. The summed E-state index contributed by atoms with van der Waals surface area (Å²) < 4.78 is 0. The second-order valence-electron chi connectivity index (χ2n) is 4.44. The molecule has 5 heteroatoms. The highest BCUT2D eigenvalue weighted by atomic mass is 16.2. The molecule has 20 heavy (non-hydrogen) atoms. The number of rotatable bonds is 4. The minimum atomic E-state index is -0.227. The fraction of sp³-hybridized carbons (Fsp3) is 0.533. The molecule has 0 radical (unpaired) electrons. The van der Waals surface area contributed by atoms with Crippen LogP contribution in [0.15, 0.2) is 18.2 Å². The van der Waals surface area contributed by atoms with Gasteiger partial charge < -0.3 is 10.2 Å². The average molecular weight is 279 g/mol. The summed E-state index contributed by atoms with van der Waals surface area (Å²) in [6, 6.07) is 5.21. The Morgan fingerprint density at radius 1 is 1.30 bits per heavy atom. The van der Waals surface area contributed by atoms with Crippen LogP contribution in [0.1, 0.15) is 43.9 Å². The molecule has 1 N–H and O–H groups in total. The zero-order valence-electron chi connectivity index (χ0n) is 13.2. The van der Waals surface area contributed by atoms with Crippen LogP contribution in [0.3, 0.4) is 0 Å². The lowest BCUT2D eigenvalue weighted by molar-refractivity contribution is -0.133. The molecule has 0 spiro atoms. The number of aromatic nitrogens is 1. The molecule has 0 unspecified atom stereocenters. The van der Waals surface area contributed by atoms with Gasteiger partial charge in [-0.2, -0.15) is 0 Å². The Morgan fingerprint density at radius 2 is 1.90 bits per heavy atom. The highest BCUT2D eigenvalue weighted by molar-refractivity contribution is 5.92. The molecule has 1 rings (SSSR count). The maximum absolute atomic E-state index is 11.7. The first-order valence-corrected chi connectivity index (χ1v) is 6.88. The van der Waals surface area contributed by atoms with Crippen molar-refractivity contribution in [1.29, 1.82) is 0 Å². The third-order valence-corrected chi connectivity index (χ3v) is 2.54. The molecule has 0 saturated heterocycles. The Hall–Kier alpha value is -1.91. The molecule has 5 nitrogen and oxygen atoms in total. The smallest absolute Gasteiger partial charge is 0.269 e. The molecule has 0 aromatic carbocycles. The minimum absolute atomic E-state index is 0.0443. The van der Waals surface area contributed by atoms with E-state index in [4.69, 9.17) is 0 Å². The Kier molecular flexibility index (Phi) is 8.20. The van der Waals surface area contributed by atoms with E-state index in [2.05, 4.69) is 10.3 Å². The predicted molar refractivity (Wildman–Crippen MR) is 80.3 cm³/mol. The van der Waals surface area contributed by atoms with Gasteiger partial charge >= 0.3 is 0 Å². The number of pyridine rings is 1. The highest BCUT2D eigenvalue weighted by Crippen LogP contribution is 2.06. The molecule has 1 heterocycles. The average Bonchev–Trinajstić information content (AvgIpc) is 2.47. The minimum Gasteiger partial charge on any atom is -0.354 e. The Bertz CT molecular complexity index is 444. The summed E-state index contributed by atoms with van der Waals surface area (Å²) in [5, 5.41) is 2.52. The van der Waals surface area contributed by atoms with Crippen LogP contribution < -0.4 is 5.32 Å². The molecule has 0 aliphatic heterocycles. The normalized spacial score (nSPS) is 9.55. The molecule has 0 aliphatic carbocycles. The third kappa shape index (κ3) is 5.38. The molecular weight excluding hydrogens is 254 g/mol. The van der Waals surface area contributed by atoms with Crippen molar-refractivity contribution in [3.05, 3.63) is 29.6 Å². The first kappa shape index (κ1) is 18.1. The zero-order valence-corrected chi connectivity index (χ0v) is 13.2. The van der Waals surface area contributed by atoms with Crippen molar-refractivity contribution in [1.82, 2.24) is 15.2 Å². The largest absolute Gasteiger partial charge is 0.354 e. The number of hydrogen-bond donors (Lipinski definition) is 1. The van der Waals surface area contributed by atoms with Crippen molar-refractivity contribution in [2.45, 2.75) is 34.2 Å². The summed E-state index contributed by atoms with van der Waals surface area (Å²) in [7, 11) is 3.29. The van der Waals surface area contributed by atoms with E-state index in [0.717, 1.165) is 0 Å². The number of carbonyl (C=O) groups is 2. The SMILES string of the molecule is CC.CNC(=O)c1cccc(CN(C)C(=O)C(C)C)n1. The van der Waals surface area contributed by atoms with Gasteiger partial charge in [-0.15, -0.1) is 0 Å². The second-order valence-corrected chi connectivity index (χ2v) is 4.44. The van der Waals surface area contributed by atoms with Crippen LogP contribution in [0.5, 0.6) is 0 Å². The van der Waals surface area contributed by atoms with Crippen LogP contribution in [0.4, 0.5) is 0 Å². The van der Waals surface area contributed by atoms with Crippen LogP contribution in [0, 0.1) is 5.92 Å². The van der Waals surface area contributed by atoms with Gasteiger partial charge in [0.2, 0.25) is 5.91 Å². The first-order chi connectivity index (χ1) is 9.45. The van der Waals surface area contributed by atoms with Crippen LogP contribution in [0.25, 0.3) is 0 Å². The molecule has 0 fully saturated rings. The van der Waals surface area contributed by atoms with E-state index in [-0.39, 0.29) is 17.7 Å². The van der Waals surface area contributed by atoms with E-state index >= 15 is 0 Å². The number of nitrogens with zero attached hydrogens (tertiary/aromatic N) is 2. The molecule has 0 atom stereocenters. The maximum atomic E-state index is 11.7. The Morgan fingerprint density at radius 3 is 2.40 bits per heavy atom. The quantitative estimate of drug-likeness (QED) is 0.918. The number of nitrogens with one attached hydrogen (secondary N) is 1. The van der Waals surface area contributed by atoms with E-state index in [0.29, 0.717) is 17.9 Å². The number of carbonyl (C=O) groups excluding carboxylic acids is 2. The lowest BCUT2D eigenvalue weighted by Gasteiger charge is -2.19. The molecular formula is C15H25N3O2. The predicted octanol–water partition coefficient (Wildman–Crippen LogP) is 2.08. The standard InChI is InChI=1S/C13H19N3O2.C2H6/c1-9(2)13(18)16(4)8-10-6-5-7-11(15-10)12(17)14-3;1-2/h5-7,9H,8H2,1-4H3,(H,14,17);1-2H3. The molecule has 0 bridgehead atoms. The van der Waals surface area contributed by atoms with Gasteiger partial charge in [0, 0.05) is 20.0 Å². The van der Waals surface area contributed by atoms with E-state index in [1.807, 2.05) is 27.7 Å². The van der Waals surface area contributed by atoms with Crippen LogP contribution in [0.2, 0.25) is 0 Å². The Balaban J connectivity index is 0.00000172. The van der Waals surface area contributed by atoms with Crippen molar-refractivity contribution >= 4 is 11.8 Å². The molecule has 1 aromatic rings. The fourth-order valence-corrected chi connectivity index (χ4v) is 1.58. The van der Waals surface area contributed by atoms with Gasteiger partial charge in [0.05, 0.1) is 12.2 Å². The van der Waals surface area contributed by atoms with E-state index in [9.17, 15) is 9.59 Å². The lowest BCUT2D eigenvalue weighted by atomic mass is 10.2. The van der Waals surface area contributed by atoms with Crippen LogP contribution >= 0.6 is 0 Å². The van der Waals surface area contributed by atoms with Crippen LogP contribution in [-0.2, 0) is 11.3 Å². The molecule has 0 aliphatic rings. The third-order valence-electron chi connectivity index (χ3n) is 2.54. The van der Waals surface area contributed by atoms with Crippen molar-refractivity contribution < 1.29 is 9.59 Å². The highest BCUT2D eigenvalue weighted by Gasteiger charge is 2.14. The van der Waals surface area contributed by atoms with Crippen LogP contribution in [-0.4, -0.2) is 35.8 Å². The summed E-state index contributed by atoms with van der Waals surface area (Å²) in [5.41, 5.74) is 1.06. The second kappa shape index (κ2) is 9.07. The van der Waals surface area contributed by atoms with E-state index in [1.165, 1.54) is 0 Å². The van der Waals surface area contributed by atoms with Crippen molar-refractivity contribution in [3.63, 3.8) is 0 Å². The summed E-state index contributed by atoms with van der Waals surface area (Å²) in [5.74, 6) is -0.214. The molecule has 2 amide bonds. The summed E-state index contributed by atoms with van der Waals surface area (Å²) >= 11 is 0.